The van der Waals surface area contributed by atoms with Crippen molar-refractivity contribution >= 4 is 0 Å². The standard InChI is InChI=1S/C11H21N3O/c1-5-6-12-9(4)11-13-10(14-15-11)7-8(2)3/h8-9,12H,5-7H2,1-4H3. The van der Waals surface area contributed by atoms with Gasteiger partial charge >= 0.3 is 0 Å². The van der Waals surface area contributed by atoms with Crippen molar-refractivity contribution in [1.82, 2.24) is 15.5 Å². The predicted molar refractivity (Wildman–Crippen MR) is 59.5 cm³/mol. The second-order valence-electron chi connectivity index (χ2n) is 4.32. The minimum absolute atomic E-state index is 0.151. The van der Waals surface area contributed by atoms with E-state index in [1.807, 2.05) is 6.92 Å². The first-order chi connectivity index (χ1) is 7.13. The monoisotopic (exact) mass is 211 g/mol. The summed E-state index contributed by atoms with van der Waals surface area (Å²) < 4.78 is 5.20. The summed E-state index contributed by atoms with van der Waals surface area (Å²) in [6.45, 7) is 9.45. The molecule has 4 heteroatoms. The third-order valence-electron chi connectivity index (χ3n) is 2.15. The zero-order chi connectivity index (χ0) is 11.3. The fraction of sp³-hybridized carbons (Fsp3) is 0.818. The van der Waals surface area contributed by atoms with Crippen molar-refractivity contribution < 1.29 is 4.52 Å². The van der Waals surface area contributed by atoms with Crippen molar-refractivity contribution in [3.8, 4) is 0 Å². The number of aromatic nitrogens is 2. The van der Waals surface area contributed by atoms with E-state index < -0.39 is 0 Å². The van der Waals surface area contributed by atoms with E-state index in [-0.39, 0.29) is 6.04 Å². The highest BCUT2D eigenvalue weighted by Gasteiger charge is 2.13. The second-order valence-corrected chi connectivity index (χ2v) is 4.32. The summed E-state index contributed by atoms with van der Waals surface area (Å²) in [5, 5.41) is 7.28. The number of nitrogens with zero attached hydrogens (tertiary/aromatic N) is 2. The fourth-order valence-electron chi connectivity index (χ4n) is 1.34. The molecule has 1 atom stereocenters. The summed E-state index contributed by atoms with van der Waals surface area (Å²) in [7, 11) is 0. The molecule has 1 unspecified atom stereocenters. The molecule has 0 aliphatic heterocycles. The molecule has 1 aromatic heterocycles. The van der Waals surface area contributed by atoms with Crippen LogP contribution in [0.1, 0.15) is 51.9 Å². The maximum atomic E-state index is 5.20. The van der Waals surface area contributed by atoms with Crippen LogP contribution in [0.25, 0.3) is 0 Å². The van der Waals surface area contributed by atoms with Crippen LogP contribution < -0.4 is 5.32 Å². The van der Waals surface area contributed by atoms with Gasteiger partial charge in [-0.1, -0.05) is 25.9 Å². The van der Waals surface area contributed by atoms with Gasteiger partial charge in [-0.15, -0.1) is 0 Å². The Morgan fingerprint density at radius 1 is 1.33 bits per heavy atom. The van der Waals surface area contributed by atoms with Gasteiger partial charge in [-0.25, -0.2) is 0 Å². The molecule has 1 rings (SSSR count). The predicted octanol–water partition coefficient (Wildman–Crippen LogP) is 2.33. The van der Waals surface area contributed by atoms with Crippen LogP contribution in [-0.2, 0) is 6.42 Å². The molecule has 0 radical (unpaired) electrons. The lowest BCUT2D eigenvalue weighted by molar-refractivity contribution is 0.335. The van der Waals surface area contributed by atoms with Crippen LogP contribution in [-0.4, -0.2) is 16.7 Å². The largest absolute Gasteiger partial charge is 0.338 e. The molecular weight excluding hydrogens is 190 g/mol. The van der Waals surface area contributed by atoms with Gasteiger partial charge in [0.15, 0.2) is 5.82 Å². The highest BCUT2D eigenvalue weighted by molar-refractivity contribution is 4.91. The van der Waals surface area contributed by atoms with E-state index in [2.05, 4.69) is 36.2 Å². The zero-order valence-electron chi connectivity index (χ0n) is 10.1. The first-order valence-corrected chi connectivity index (χ1v) is 5.69. The van der Waals surface area contributed by atoms with E-state index >= 15 is 0 Å². The highest BCUT2D eigenvalue weighted by atomic mass is 16.5. The molecule has 0 aromatic carbocycles. The minimum Gasteiger partial charge on any atom is -0.338 e. The van der Waals surface area contributed by atoms with Gasteiger partial charge in [0.05, 0.1) is 6.04 Å². The van der Waals surface area contributed by atoms with Gasteiger partial charge in [0.25, 0.3) is 0 Å². The summed E-state index contributed by atoms with van der Waals surface area (Å²) in [5.41, 5.74) is 0. The number of rotatable bonds is 6. The van der Waals surface area contributed by atoms with Gasteiger partial charge in [0, 0.05) is 6.42 Å². The quantitative estimate of drug-likeness (QED) is 0.784. The average Bonchev–Trinajstić information content (AvgIpc) is 2.61. The third-order valence-corrected chi connectivity index (χ3v) is 2.15. The zero-order valence-corrected chi connectivity index (χ0v) is 10.1. The first kappa shape index (κ1) is 12.2. The van der Waals surface area contributed by atoms with Crippen LogP contribution in [0, 0.1) is 5.92 Å². The molecule has 86 valence electrons. The number of nitrogens with one attached hydrogen (secondary N) is 1. The molecule has 0 aliphatic rings. The summed E-state index contributed by atoms with van der Waals surface area (Å²) in [4.78, 5) is 4.36. The van der Waals surface area contributed by atoms with Crippen LogP contribution in [0.4, 0.5) is 0 Å². The Labute approximate surface area is 91.5 Å². The molecule has 0 aliphatic carbocycles. The topological polar surface area (TPSA) is 51.0 Å². The van der Waals surface area contributed by atoms with Crippen molar-refractivity contribution in [3.05, 3.63) is 11.7 Å². The van der Waals surface area contributed by atoms with Crippen molar-refractivity contribution in [1.29, 1.82) is 0 Å². The van der Waals surface area contributed by atoms with Crippen molar-refractivity contribution in [2.45, 2.75) is 46.6 Å². The Bertz CT molecular complexity index is 283. The van der Waals surface area contributed by atoms with Gasteiger partial charge in [-0.3, -0.25) is 0 Å². The lowest BCUT2D eigenvalue weighted by atomic mass is 10.1. The van der Waals surface area contributed by atoms with Crippen LogP contribution in [0.15, 0.2) is 4.52 Å². The van der Waals surface area contributed by atoms with Crippen molar-refractivity contribution in [2.75, 3.05) is 6.54 Å². The van der Waals surface area contributed by atoms with Gasteiger partial charge in [-0.2, -0.15) is 4.98 Å². The Hall–Kier alpha value is -0.900. The van der Waals surface area contributed by atoms with Crippen LogP contribution in [0.3, 0.4) is 0 Å². The maximum Gasteiger partial charge on any atom is 0.243 e. The molecule has 1 N–H and O–H groups in total. The number of hydrogen-bond donors (Lipinski definition) is 1. The van der Waals surface area contributed by atoms with Crippen LogP contribution >= 0.6 is 0 Å². The smallest absolute Gasteiger partial charge is 0.243 e. The normalized spacial score (nSPS) is 13.4. The molecule has 1 aromatic rings. The van der Waals surface area contributed by atoms with E-state index in [0.29, 0.717) is 11.8 Å². The van der Waals surface area contributed by atoms with E-state index in [9.17, 15) is 0 Å². The first-order valence-electron chi connectivity index (χ1n) is 5.69. The Morgan fingerprint density at radius 2 is 2.07 bits per heavy atom. The molecule has 0 saturated heterocycles. The highest BCUT2D eigenvalue weighted by Crippen LogP contribution is 2.11. The van der Waals surface area contributed by atoms with Gasteiger partial charge in [0.2, 0.25) is 5.89 Å². The van der Waals surface area contributed by atoms with E-state index in [1.165, 1.54) is 0 Å². The molecule has 0 spiro atoms. The molecule has 15 heavy (non-hydrogen) atoms. The van der Waals surface area contributed by atoms with Crippen LogP contribution in [0.2, 0.25) is 0 Å². The van der Waals surface area contributed by atoms with E-state index in [4.69, 9.17) is 4.52 Å². The molecular formula is C11H21N3O. The fourth-order valence-corrected chi connectivity index (χ4v) is 1.34. The lowest BCUT2D eigenvalue weighted by Gasteiger charge is -2.06. The average molecular weight is 211 g/mol. The van der Waals surface area contributed by atoms with Gasteiger partial charge in [0.1, 0.15) is 0 Å². The van der Waals surface area contributed by atoms with Gasteiger partial charge < -0.3 is 9.84 Å². The maximum absolute atomic E-state index is 5.20. The van der Waals surface area contributed by atoms with Crippen molar-refractivity contribution in [2.24, 2.45) is 5.92 Å². The SMILES string of the molecule is CCCNC(C)c1nc(CC(C)C)no1. The van der Waals surface area contributed by atoms with Crippen LogP contribution in [0.5, 0.6) is 0 Å². The molecule has 1 heterocycles. The summed E-state index contributed by atoms with van der Waals surface area (Å²) in [6, 6.07) is 0.151. The molecule has 4 nitrogen and oxygen atoms in total. The molecule has 0 bridgehead atoms. The number of hydrogen-bond acceptors (Lipinski definition) is 4. The Kier molecular flexibility index (Phi) is 4.75. The summed E-state index contributed by atoms with van der Waals surface area (Å²) in [6.07, 6.45) is 1.99. The minimum atomic E-state index is 0.151. The Morgan fingerprint density at radius 3 is 2.67 bits per heavy atom. The van der Waals surface area contributed by atoms with Gasteiger partial charge in [-0.05, 0) is 25.8 Å². The summed E-state index contributed by atoms with van der Waals surface area (Å²) in [5.74, 6) is 2.07. The molecule has 0 fully saturated rings. The second kappa shape index (κ2) is 5.85. The van der Waals surface area contributed by atoms with E-state index in [1.54, 1.807) is 0 Å². The summed E-state index contributed by atoms with van der Waals surface area (Å²) >= 11 is 0. The van der Waals surface area contributed by atoms with Crippen molar-refractivity contribution in [3.63, 3.8) is 0 Å². The molecule has 0 amide bonds. The lowest BCUT2D eigenvalue weighted by Crippen LogP contribution is -2.19. The Balaban J connectivity index is 2.51. The van der Waals surface area contributed by atoms with E-state index in [0.717, 1.165) is 25.2 Å². The third kappa shape index (κ3) is 4.00. The molecule has 0 saturated carbocycles.